The smallest absolute Gasteiger partial charge is 0.271 e. The summed E-state index contributed by atoms with van der Waals surface area (Å²) in [4.78, 5) is 20.5. The molecule has 2 N–H and O–H groups in total. The van der Waals surface area contributed by atoms with Crippen LogP contribution in [0.1, 0.15) is 16.1 Å². The molecule has 0 saturated carbocycles. The van der Waals surface area contributed by atoms with Gasteiger partial charge in [0.25, 0.3) is 5.91 Å². The van der Waals surface area contributed by atoms with Gasteiger partial charge in [-0.2, -0.15) is 0 Å². The molecule has 0 aliphatic rings. The van der Waals surface area contributed by atoms with Crippen LogP contribution in [0, 0.1) is 0 Å². The van der Waals surface area contributed by atoms with Gasteiger partial charge in [0.15, 0.2) is 0 Å². The first kappa shape index (κ1) is 17.7. The van der Waals surface area contributed by atoms with Crippen molar-refractivity contribution in [3.63, 3.8) is 0 Å². The Kier molecular flexibility index (Phi) is 5.66. The number of hydrogen-bond acceptors (Lipinski definition) is 5. The number of nitrogens with one attached hydrogen (secondary N) is 2. The van der Waals surface area contributed by atoms with E-state index in [2.05, 4.69) is 20.6 Å². The summed E-state index contributed by atoms with van der Waals surface area (Å²) in [5.41, 5.74) is 2.01. The third-order valence-electron chi connectivity index (χ3n) is 3.59. The van der Waals surface area contributed by atoms with Gasteiger partial charge in [0.05, 0.1) is 19.5 Å². The quantitative estimate of drug-likeness (QED) is 0.691. The molecule has 1 heterocycles. The summed E-state index contributed by atoms with van der Waals surface area (Å²) >= 11 is 5.84. The molecule has 0 radical (unpaired) electrons. The average molecular weight is 369 g/mol. The number of nitrogens with zero attached hydrogens (tertiary/aromatic N) is 2. The number of carbonyl (C=O) groups is 1. The van der Waals surface area contributed by atoms with E-state index >= 15 is 0 Å². The summed E-state index contributed by atoms with van der Waals surface area (Å²) in [6.07, 6.45) is 2.94. The molecule has 0 spiro atoms. The van der Waals surface area contributed by atoms with Gasteiger partial charge in [-0.15, -0.1) is 0 Å². The zero-order valence-corrected chi connectivity index (χ0v) is 14.8. The summed E-state index contributed by atoms with van der Waals surface area (Å²) in [7, 11) is 1.61. The largest absolute Gasteiger partial charge is 0.497 e. The average Bonchev–Trinajstić information content (AvgIpc) is 2.68. The monoisotopic (exact) mass is 368 g/mol. The lowest BCUT2D eigenvalue weighted by molar-refractivity contribution is 0.0945. The van der Waals surface area contributed by atoms with Gasteiger partial charge in [0.2, 0.25) is 0 Å². The molecule has 0 aliphatic heterocycles. The number of hydrogen-bond donors (Lipinski definition) is 2. The Bertz CT molecular complexity index is 883. The standard InChI is InChI=1S/C19H17ClN4O2/c1-26-16-4-2-3-15(9-16)24-18-12-21-17(11-22-18)19(25)23-10-13-5-7-14(20)8-6-13/h2-9,11-12H,10H2,1H3,(H,22,24)(H,23,25). The fourth-order valence-corrected chi connectivity index (χ4v) is 2.36. The molecular weight excluding hydrogens is 352 g/mol. The van der Waals surface area contributed by atoms with Gasteiger partial charge in [0.1, 0.15) is 17.3 Å². The van der Waals surface area contributed by atoms with E-state index in [1.807, 2.05) is 36.4 Å². The summed E-state index contributed by atoms with van der Waals surface area (Å²) < 4.78 is 5.18. The van der Waals surface area contributed by atoms with Crippen LogP contribution >= 0.6 is 11.6 Å². The predicted molar refractivity (Wildman–Crippen MR) is 101 cm³/mol. The van der Waals surface area contributed by atoms with Crippen molar-refractivity contribution in [2.24, 2.45) is 0 Å². The summed E-state index contributed by atoms with van der Waals surface area (Å²) in [6.45, 7) is 0.390. The predicted octanol–water partition coefficient (Wildman–Crippen LogP) is 3.81. The molecular formula is C19H17ClN4O2. The molecule has 1 amide bonds. The molecule has 7 heteroatoms. The fourth-order valence-electron chi connectivity index (χ4n) is 2.23. The number of halogens is 1. The van der Waals surface area contributed by atoms with Crippen LogP contribution in [-0.2, 0) is 6.54 Å². The van der Waals surface area contributed by atoms with Crippen molar-refractivity contribution in [1.82, 2.24) is 15.3 Å². The van der Waals surface area contributed by atoms with Crippen LogP contribution in [0.5, 0.6) is 5.75 Å². The van der Waals surface area contributed by atoms with Crippen LogP contribution in [-0.4, -0.2) is 23.0 Å². The molecule has 1 aromatic heterocycles. The first-order valence-electron chi connectivity index (χ1n) is 7.90. The first-order valence-corrected chi connectivity index (χ1v) is 8.27. The molecule has 0 aliphatic carbocycles. The van der Waals surface area contributed by atoms with Crippen LogP contribution in [0.4, 0.5) is 11.5 Å². The Morgan fingerprint density at radius 1 is 1.12 bits per heavy atom. The molecule has 0 unspecified atom stereocenters. The molecule has 3 rings (SSSR count). The van der Waals surface area contributed by atoms with Gasteiger partial charge in [-0.1, -0.05) is 29.8 Å². The first-order chi connectivity index (χ1) is 12.6. The van der Waals surface area contributed by atoms with Gasteiger partial charge in [0, 0.05) is 23.3 Å². The number of aromatic nitrogens is 2. The third-order valence-corrected chi connectivity index (χ3v) is 3.84. The van der Waals surface area contributed by atoms with Gasteiger partial charge < -0.3 is 15.4 Å². The highest BCUT2D eigenvalue weighted by atomic mass is 35.5. The third kappa shape index (κ3) is 4.70. The summed E-state index contributed by atoms with van der Waals surface area (Å²) in [5, 5.41) is 6.57. The van der Waals surface area contributed by atoms with Crippen LogP contribution in [0.3, 0.4) is 0 Å². The van der Waals surface area contributed by atoms with Crippen molar-refractivity contribution in [2.75, 3.05) is 12.4 Å². The maximum absolute atomic E-state index is 12.2. The van der Waals surface area contributed by atoms with Crippen molar-refractivity contribution < 1.29 is 9.53 Å². The molecule has 6 nitrogen and oxygen atoms in total. The van der Waals surface area contributed by atoms with Crippen molar-refractivity contribution in [3.8, 4) is 5.75 Å². The Morgan fingerprint density at radius 3 is 2.62 bits per heavy atom. The van der Waals surface area contributed by atoms with E-state index in [4.69, 9.17) is 16.3 Å². The molecule has 132 valence electrons. The van der Waals surface area contributed by atoms with E-state index in [-0.39, 0.29) is 11.6 Å². The number of methoxy groups -OCH3 is 1. The molecule has 0 saturated heterocycles. The van der Waals surface area contributed by atoms with Crippen LogP contribution < -0.4 is 15.4 Å². The lowest BCUT2D eigenvalue weighted by Gasteiger charge is -2.08. The van der Waals surface area contributed by atoms with E-state index in [9.17, 15) is 4.79 Å². The highest BCUT2D eigenvalue weighted by molar-refractivity contribution is 6.30. The normalized spacial score (nSPS) is 10.2. The Labute approximate surface area is 156 Å². The Balaban J connectivity index is 1.59. The lowest BCUT2D eigenvalue weighted by Crippen LogP contribution is -2.24. The van der Waals surface area contributed by atoms with Crippen molar-refractivity contribution in [2.45, 2.75) is 6.54 Å². The van der Waals surface area contributed by atoms with Gasteiger partial charge in [-0.25, -0.2) is 9.97 Å². The second-order valence-corrected chi connectivity index (χ2v) is 5.89. The van der Waals surface area contributed by atoms with Crippen molar-refractivity contribution in [3.05, 3.63) is 77.2 Å². The summed E-state index contributed by atoms with van der Waals surface area (Å²) in [5.74, 6) is 0.981. The van der Waals surface area contributed by atoms with Crippen molar-refractivity contribution in [1.29, 1.82) is 0 Å². The second-order valence-electron chi connectivity index (χ2n) is 5.45. The van der Waals surface area contributed by atoms with E-state index in [0.29, 0.717) is 17.4 Å². The minimum atomic E-state index is -0.291. The van der Waals surface area contributed by atoms with Gasteiger partial charge >= 0.3 is 0 Å². The van der Waals surface area contributed by atoms with Crippen LogP contribution in [0.25, 0.3) is 0 Å². The maximum atomic E-state index is 12.2. The van der Waals surface area contributed by atoms with E-state index < -0.39 is 0 Å². The zero-order valence-electron chi connectivity index (χ0n) is 14.1. The number of benzene rings is 2. The minimum absolute atomic E-state index is 0.246. The van der Waals surface area contributed by atoms with E-state index in [1.54, 1.807) is 19.2 Å². The molecule has 0 bridgehead atoms. The van der Waals surface area contributed by atoms with E-state index in [1.165, 1.54) is 12.4 Å². The minimum Gasteiger partial charge on any atom is -0.497 e. The number of anilines is 2. The molecule has 0 fully saturated rings. The zero-order chi connectivity index (χ0) is 18.4. The van der Waals surface area contributed by atoms with Gasteiger partial charge in [-0.3, -0.25) is 4.79 Å². The van der Waals surface area contributed by atoms with Gasteiger partial charge in [-0.05, 0) is 29.8 Å². The maximum Gasteiger partial charge on any atom is 0.271 e. The highest BCUT2D eigenvalue weighted by Gasteiger charge is 2.08. The number of amides is 1. The molecule has 3 aromatic rings. The lowest BCUT2D eigenvalue weighted by atomic mass is 10.2. The fraction of sp³-hybridized carbons (Fsp3) is 0.105. The number of ether oxygens (including phenoxy) is 1. The SMILES string of the molecule is COc1cccc(Nc2cnc(C(=O)NCc3ccc(Cl)cc3)cn2)c1. The van der Waals surface area contributed by atoms with Crippen molar-refractivity contribution >= 4 is 29.0 Å². The Hall–Kier alpha value is -3.12. The topological polar surface area (TPSA) is 76.1 Å². The summed E-state index contributed by atoms with van der Waals surface area (Å²) in [6, 6.07) is 14.7. The van der Waals surface area contributed by atoms with E-state index in [0.717, 1.165) is 17.0 Å². The molecule has 26 heavy (non-hydrogen) atoms. The molecule has 2 aromatic carbocycles. The second kappa shape index (κ2) is 8.31. The highest BCUT2D eigenvalue weighted by Crippen LogP contribution is 2.19. The number of rotatable bonds is 6. The number of carbonyl (C=O) groups excluding carboxylic acids is 1. The molecule has 0 atom stereocenters. The Morgan fingerprint density at radius 2 is 1.92 bits per heavy atom. The van der Waals surface area contributed by atoms with Crippen LogP contribution in [0.15, 0.2) is 60.9 Å². The van der Waals surface area contributed by atoms with Crippen LogP contribution in [0.2, 0.25) is 5.02 Å².